The van der Waals surface area contributed by atoms with Crippen molar-refractivity contribution in [3.8, 4) is 22.3 Å². The molecule has 2 aliphatic carbocycles. The summed E-state index contributed by atoms with van der Waals surface area (Å²) >= 11 is -3.77. The summed E-state index contributed by atoms with van der Waals surface area (Å²) in [7, 11) is 0. The van der Waals surface area contributed by atoms with Gasteiger partial charge in [-0.25, -0.2) is 0 Å². The Bertz CT molecular complexity index is 2140. The van der Waals surface area contributed by atoms with Crippen LogP contribution in [0.5, 0.6) is 0 Å². The van der Waals surface area contributed by atoms with Crippen LogP contribution in [-0.4, -0.2) is 6.94 Å². The maximum atomic E-state index is 2.75. The molecule has 0 bridgehead atoms. The molecule has 0 heterocycles. The van der Waals surface area contributed by atoms with Crippen LogP contribution in [0.3, 0.4) is 0 Å². The number of hydrogen-bond donors (Lipinski definition) is 0. The van der Waals surface area contributed by atoms with Gasteiger partial charge in [-0.05, 0) is 0 Å². The minimum atomic E-state index is -3.77. The van der Waals surface area contributed by atoms with Gasteiger partial charge in [0, 0.05) is 0 Å². The maximum absolute atomic E-state index is 3.77. The normalized spacial score (nSPS) is 17.1. The SMILES string of the molecule is Br.CC1=Cc2c(-c3cccc4ccccc34)cccc2[CH]1[Hf]([CH3])([CH3])(=[SiH2])[CH]1C(C)=Cc2c(-c3cccc4ccccc34)cccc21.Cl. The monoisotopic (exact) mass is 866 g/mol. The fourth-order valence-electron chi connectivity index (χ4n) is 9.18. The van der Waals surface area contributed by atoms with Crippen LogP contribution in [-0.2, 0) is 17.1 Å². The van der Waals surface area contributed by atoms with Gasteiger partial charge in [-0.3, -0.25) is 0 Å². The van der Waals surface area contributed by atoms with Crippen LogP contribution >= 0.6 is 29.4 Å². The van der Waals surface area contributed by atoms with E-state index in [2.05, 4.69) is 164 Å². The van der Waals surface area contributed by atoms with Gasteiger partial charge in [-0.2, -0.15) is 0 Å². The summed E-state index contributed by atoms with van der Waals surface area (Å²) in [6.45, 7) is 7.26. The van der Waals surface area contributed by atoms with Crippen LogP contribution in [0.15, 0.2) is 132 Å². The second-order valence-electron chi connectivity index (χ2n) is 14.2. The van der Waals surface area contributed by atoms with Gasteiger partial charge >= 0.3 is 265 Å². The molecule has 0 radical (unpaired) electrons. The third kappa shape index (κ3) is 5.01. The van der Waals surface area contributed by atoms with Crippen LogP contribution < -0.4 is 0 Å². The molecule has 2 unspecified atom stereocenters. The van der Waals surface area contributed by atoms with Crippen molar-refractivity contribution in [2.45, 2.75) is 30.6 Å². The van der Waals surface area contributed by atoms with Gasteiger partial charge in [0.05, 0.1) is 0 Å². The number of allylic oxidation sites excluding steroid dienone is 2. The molecule has 6 aromatic carbocycles. The van der Waals surface area contributed by atoms with Gasteiger partial charge in [0.2, 0.25) is 0 Å². The Morgan fingerprint density at radius 1 is 0.478 bits per heavy atom. The molecule has 2 aliphatic rings. The van der Waals surface area contributed by atoms with Crippen LogP contribution in [0.2, 0.25) is 9.36 Å². The smallest absolute Gasteiger partial charge is 0.147 e. The standard InChI is InChI=1S/2C20H15.2CH3.BrH.ClH.Hf.H2Si/c2*1-14-12-16-8-5-11-19(20(16)13-14)18-10-4-7-15-6-2-3-9-17(15)18;;;;;;/h2*2-13H,1H3;2*1H3;2*1H;;1H2. The average molecular weight is 867 g/mol. The van der Waals surface area contributed by atoms with Gasteiger partial charge in [0.1, 0.15) is 0 Å². The molecular weight excluding hydrogens is 826 g/mol. The number of fused-ring (bicyclic) bond motifs is 4. The van der Waals surface area contributed by atoms with Crippen molar-refractivity contribution in [3.63, 3.8) is 0 Å². The Balaban J connectivity index is 0.00000186. The van der Waals surface area contributed by atoms with E-state index in [0.29, 0.717) is 7.35 Å². The molecule has 2 atom stereocenters. The first kappa shape index (κ1) is 33.1. The molecular formula is C42H40BrClHfSi. The summed E-state index contributed by atoms with van der Waals surface area (Å²) in [5.41, 5.74) is 14.5. The zero-order valence-electron chi connectivity index (χ0n) is 26.9. The van der Waals surface area contributed by atoms with E-state index in [-0.39, 0.29) is 29.4 Å². The van der Waals surface area contributed by atoms with Crippen molar-refractivity contribution in [3.05, 3.63) is 155 Å². The van der Waals surface area contributed by atoms with Crippen LogP contribution in [0, 0.1) is 0 Å². The maximum Gasteiger partial charge on any atom is -0.147 e. The summed E-state index contributed by atoms with van der Waals surface area (Å²) in [5.74, 6) is 0. The van der Waals surface area contributed by atoms with Gasteiger partial charge < -0.3 is 0 Å². The molecule has 0 saturated heterocycles. The number of benzene rings is 6. The third-order valence-electron chi connectivity index (χ3n) is 10.6. The quantitative estimate of drug-likeness (QED) is 0.155. The fourth-order valence-corrected chi connectivity index (χ4v) is 39.7. The van der Waals surface area contributed by atoms with Crippen molar-refractivity contribution in [2.75, 3.05) is 0 Å². The van der Waals surface area contributed by atoms with Crippen molar-refractivity contribution < 1.29 is 17.1 Å². The Morgan fingerprint density at radius 2 is 0.826 bits per heavy atom. The molecule has 8 rings (SSSR count). The van der Waals surface area contributed by atoms with Gasteiger partial charge in [0.25, 0.3) is 0 Å². The first-order valence-electron chi connectivity index (χ1n) is 15.9. The molecule has 0 amide bonds. The molecule has 0 aromatic heterocycles. The molecule has 230 valence electrons. The van der Waals surface area contributed by atoms with E-state index in [4.69, 9.17) is 0 Å². The van der Waals surface area contributed by atoms with Gasteiger partial charge in [-0.15, -0.1) is 29.4 Å². The Morgan fingerprint density at radius 3 is 1.26 bits per heavy atom. The van der Waals surface area contributed by atoms with Crippen molar-refractivity contribution >= 4 is 70.0 Å². The van der Waals surface area contributed by atoms with Crippen LogP contribution in [0.4, 0.5) is 0 Å². The van der Waals surface area contributed by atoms with E-state index in [1.807, 2.05) is 0 Å². The van der Waals surface area contributed by atoms with E-state index in [1.54, 1.807) is 22.3 Å². The summed E-state index contributed by atoms with van der Waals surface area (Å²) in [4.78, 5) is 0. The molecule has 0 spiro atoms. The summed E-state index contributed by atoms with van der Waals surface area (Å²) in [6.07, 6.45) is 5.07. The van der Waals surface area contributed by atoms with E-state index < -0.39 is 17.1 Å². The largest absolute Gasteiger partial charge is 0.147 e. The number of halogens is 2. The first-order valence-corrected chi connectivity index (χ1v) is 35.5. The van der Waals surface area contributed by atoms with Crippen molar-refractivity contribution in [2.24, 2.45) is 0 Å². The molecule has 0 N–H and O–H groups in total. The predicted molar refractivity (Wildman–Crippen MR) is 209 cm³/mol. The fraction of sp³-hybridized carbons (Fsp3) is 0.143. The third-order valence-corrected chi connectivity index (χ3v) is 36.4. The predicted octanol–water partition coefficient (Wildman–Crippen LogP) is 12.3. The molecule has 0 fully saturated rings. The van der Waals surface area contributed by atoms with E-state index in [0.717, 1.165) is 0 Å². The minimum absolute atomic E-state index is 0. The zero-order valence-corrected chi connectivity index (χ0v) is 34.4. The first-order chi connectivity index (χ1) is 21.2. The molecule has 0 saturated carbocycles. The topological polar surface area (TPSA) is 0 Å². The van der Waals surface area contributed by atoms with E-state index in [1.165, 1.54) is 54.9 Å². The Labute approximate surface area is 292 Å². The van der Waals surface area contributed by atoms with Crippen molar-refractivity contribution in [1.29, 1.82) is 0 Å². The van der Waals surface area contributed by atoms with E-state index >= 15 is 0 Å². The van der Waals surface area contributed by atoms with Crippen LogP contribution in [0.1, 0.15) is 43.5 Å². The Kier molecular flexibility index (Phi) is 8.64. The summed E-state index contributed by atoms with van der Waals surface area (Å²) < 4.78 is 6.52. The second-order valence-corrected chi connectivity index (χ2v) is 57.8. The molecule has 0 nitrogen and oxygen atoms in total. The van der Waals surface area contributed by atoms with E-state index in [9.17, 15) is 0 Å². The number of hydrogen-bond acceptors (Lipinski definition) is 0. The zero-order chi connectivity index (χ0) is 30.2. The van der Waals surface area contributed by atoms with Gasteiger partial charge in [0.15, 0.2) is 0 Å². The van der Waals surface area contributed by atoms with Crippen molar-refractivity contribution in [1.82, 2.24) is 0 Å². The summed E-state index contributed by atoms with van der Waals surface area (Å²) in [5, 5.41) is 5.27. The summed E-state index contributed by atoms with van der Waals surface area (Å²) in [6, 6.07) is 45.3. The minimum Gasteiger partial charge on any atom is -0.147 e. The molecule has 0 aliphatic heterocycles. The number of rotatable bonds is 4. The van der Waals surface area contributed by atoms with Crippen LogP contribution in [0.25, 0.3) is 56.0 Å². The second kappa shape index (κ2) is 12.0. The average Bonchev–Trinajstić information content (AvgIpc) is 3.57. The molecule has 6 aromatic rings. The Hall–Kier alpha value is -2.82. The molecule has 46 heavy (non-hydrogen) atoms. The molecule has 4 heteroatoms. The van der Waals surface area contributed by atoms with Gasteiger partial charge in [-0.1, -0.05) is 0 Å².